The molecule has 1 amide bonds. The first kappa shape index (κ1) is 46.7. The van der Waals surface area contributed by atoms with Crippen LogP contribution >= 0.6 is 0 Å². The summed E-state index contributed by atoms with van der Waals surface area (Å²) in [6, 6.07) is 3.82. The minimum Gasteiger partial charge on any atom is -0.455 e. The minimum absolute atomic E-state index is 0.00753. The first-order valence-corrected chi connectivity index (χ1v) is 20.6. The third kappa shape index (κ3) is 9.27. The lowest BCUT2D eigenvalue weighted by atomic mass is 9.73. The molecule has 3 unspecified atom stereocenters. The fraction of sp³-hybridized carbons (Fsp3) is 0.690. The number of carbonyl (C=O) groups is 4. The number of cyclic esters (lactones) is 1. The van der Waals surface area contributed by atoms with Crippen LogP contribution in [0.1, 0.15) is 74.7 Å². The monoisotopic (exact) mass is 843 g/mol. The molecule has 17 nitrogen and oxygen atoms in total. The van der Waals surface area contributed by atoms with E-state index in [1.54, 1.807) is 75.8 Å². The molecule has 3 fully saturated rings. The number of aliphatic hydroxyl groups excluding tert-OH is 1. The number of aliphatic hydroxyl groups is 1. The van der Waals surface area contributed by atoms with Gasteiger partial charge in [-0.1, -0.05) is 51.1 Å². The van der Waals surface area contributed by atoms with E-state index in [4.69, 9.17) is 29.4 Å². The minimum atomic E-state index is -3.20. The number of ether oxygens (including phenoxy) is 5. The second-order valence-electron chi connectivity index (χ2n) is 17.3. The Morgan fingerprint density at radius 2 is 1.73 bits per heavy atom. The molecule has 60 heavy (non-hydrogen) atoms. The Kier molecular flexibility index (Phi) is 14.3. The molecule has 3 aliphatic heterocycles. The van der Waals surface area contributed by atoms with Gasteiger partial charge in [0.1, 0.15) is 29.5 Å². The largest absolute Gasteiger partial charge is 0.455 e. The normalized spacial score (nSPS) is 37.3. The number of nitrogen functional groups attached to an aromatic ring is 1. The van der Waals surface area contributed by atoms with Gasteiger partial charge in [-0.05, 0) is 73.2 Å². The van der Waals surface area contributed by atoms with Crippen molar-refractivity contribution >= 4 is 29.4 Å². The van der Waals surface area contributed by atoms with Gasteiger partial charge < -0.3 is 39.4 Å². The highest BCUT2D eigenvalue weighted by Gasteiger charge is 2.61. The van der Waals surface area contributed by atoms with Crippen molar-refractivity contribution in [3.8, 4) is 11.4 Å². The number of amides is 1. The van der Waals surface area contributed by atoms with Crippen LogP contribution in [-0.2, 0) is 44.6 Å². The van der Waals surface area contributed by atoms with Gasteiger partial charge in [0, 0.05) is 37.5 Å². The number of esters is 1. The number of aromatic nitrogens is 4. The number of fused-ring (bicyclic) bond motifs is 1. The lowest BCUT2D eigenvalue weighted by Crippen LogP contribution is -2.61. The molecule has 0 aromatic carbocycles. The van der Waals surface area contributed by atoms with E-state index in [9.17, 15) is 24.3 Å². The maximum atomic E-state index is 16.9. The maximum absolute atomic E-state index is 16.9. The smallest absolute Gasteiger partial charge is 0.411 e. The number of nitrogens with two attached hydrogens (primary N) is 1. The number of pyridine rings is 1. The Morgan fingerprint density at radius 3 is 2.37 bits per heavy atom. The van der Waals surface area contributed by atoms with E-state index in [1.165, 1.54) is 18.9 Å². The summed E-state index contributed by atoms with van der Waals surface area (Å²) < 4.78 is 48.9. The number of methoxy groups -OCH3 is 1. The van der Waals surface area contributed by atoms with Crippen LogP contribution in [0.15, 0.2) is 36.5 Å². The van der Waals surface area contributed by atoms with Gasteiger partial charge in [0.15, 0.2) is 17.7 Å². The summed E-state index contributed by atoms with van der Waals surface area (Å²) in [6.45, 7) is 12.6. The summed E-state index contributed by atoms with van der Waals surface area (Å²) in [4.78, 5) is 64.2. The van der Waals surface area contributed by atoms with Crippen LogP contribution in [0, 0.1) is 17.8 Å². The Bertz CT molecular complexity index is 1910. The Labute approximate surface area is 351 Å². The van der Waals surface area contributed by atoms with Crippen molar-refractivity contribution in [2.24, 2.45) is 17.8 Å². The number of carbonyl (C=O) groups excluding carboxylic acids is 4. The van der Waals surface area contributed by atoms with Crippen LogP contribution in [0.25, 0.3) is 11.4 Å². The molecule has 0 bridgehead atoms. The van der Waals surface area contributed by atoms with Crippen LogP contribution in [-0.4, -0.2) is 146 Å². The summed E-state index contributed by atoms with van der Waals surface area (Å²) in [7, 11) is 5.02. The molecule has 3 N–H and O–H groups in total. The molecule has 0 radical (unpaired) electrons. The summed E-state index contributed by atoms with van der Waals surface area (Å²) in [5.74, 6) is -5.64. The molecule has 18 heteroatoms. The van der Waals surface area contributed by atoms with Crippen molar-refractivity contribution in [2.75, 3.05) is 33.5 Å². The Balaban J connectivity index is 1.48. The molecule has 2 aromatic heterocycles. The number of hydrogen-bond acceptors (Lipinski definition) is 15. The molecule has 5 rings (SSSR count). The highest BCUT2D eigenvalue weighted by atomic mass is 19.1. The van der Waals surface area contributed by atoms with E-state index in [0.29, 0.717) is 23.6 Å². The third-order valence-corrected chi connectivity index (χ3v) is 12.5. The molecule has 3 saturated heterocycles. The Hall–Kier alpha value is -4.36. The first-order valence-electron chi connectivity index (χ1n) is 20.6. The zero-order valence-electron chi connectivity index (χ0n) is 36.5. The number of anilines is 1. The molecule has 332 valence electrons. The van der Waals surface area contributed by atoms with Crippen LogP contribution in [0.3, 0.4) is 0 Å². The molecule has 0 aliphatic carbocycles. The number of halogens is 1. The van der Waals surface area contributed by atoms with E-state index in [2.05, 4.69) is 15.3 Å². The van der Waals surface area contributed by atoms with Crippen LogP contribution in [0.5, 0.6) is 0 Å². The molecule has 5 heterocycles. The molecule has 0 spiro atoms. The van der Waals surface area contributed by atoms with Crippen molar-refractivity contribution in [2.45, 2.75) is 141 Å². The van der Waals surface area contributed by atoms with Gasteiger partial charge in [0.05, 0.1) is 42.3 Å². The average molecular weight is 844 g/mol. The number of alkyl halides is 1. The van der Waals surface area contributed by atoms with E-state index in [1.807, 2.05) is 25.9 Å². The second-order valence-corrected chi connectivity index (χ2v) is 17.3. The highest BCUT2D eigenvalue weighted by Crippen LogP contribution is 2.43. The third-order valence-electron chi connectivity index (χ3n) is 12.5. The SMILES string of the molecule is CC[C@H]1OC(=O)[C@@](C)(F)C(=O)[C@H](C)[C@@H](O[C@@H]2OC(C)CC(N(C)C)C2O)[C@](C)(OC)C[C@@H](C)C(=O)[C@H](C)[C@H]2N(C/C=C/Cn3cc(-c4cccc(N)n4)nn3)C(=O)O[C@]12C. The van der Waals surface area contributed by atoms with Gasteiger partial charge >= 0.3 is 12.1 Å². The van der Waals surface area contributed by atoms with Crippen molar-refractivity contribution in [3.05, 3.63) is 36.5 Å². The van der Waals surface area contributed by atoms with E-state index in [-0.39, 0.29) is 43.9 Å². The lowest BCUT2D eigenvalue weighted by molar-refractivity contribution is -0.295. The average Bonchev–Trinajstić information content (AvgIpc) is 3.78. The van der Waals surface area contributed by atoms with Gasteiger partial charge in [-0.3, -0.25) is 14.5 Å². The summed E-state index contributed by atoms with van der Waals surface area (Å²) in [5, 5.41) is 19.7. The first-order chi connectivity index (χ1) is 28.1. The standard InChI is InChI=1S/C42H62FN7O10/c1-12-30-42(8)34(50(39(55)60-42)19-14-13-18-49-22-28(46-47-49)27-16-15-17-31(44)45-27)25(4)32(51)23(2)21-40(6,56-11)36(26(5)35(53)41(7,43)38(54)58-30)59-37-33(52)29(48(9)10)20-24(3)57-37/h13-17,22-26,29-30,33-34,36-37,52H,12,18-21H2,1-11H3,(H2,44,45)/b14-13+/t23-,24?,25+,26+,29?,30-,33?,34-,36-,37+,40-,41+,42-/m1/s1. The lowest BCUT2D eigenvalue weighted by Gasteiger charge is -2.47. The predicted molar refractivity (Wildman–Crippen MR) is 217 cm³/mol. The van der Waals surface area contributed by atoms with Crippen molar-refractivity contribution in [1.82, 2.24) is 29.8 Å². The number of ketones is 2. The number of allylic oxidation sites excluding steroid dienone is 1. The number of hydrogen-bond donors (Lipinski definition) is 2. The van der Waals surface area contributed by atoms with Gasteiger partial charge in [-0.15, -0.1) is 5.10 Å². The Morgan fingerprint density at radius 1 is 1.05 bits per heavy atom. The highest BCUT2D eigenvalue weighted by molar-refractivity contribution is 6.08. The van der Waals surface area contributed by atoms with Crippen LogP contribution in [0.2, 0.25) is 0 Å². The summed E-state index contributed by atoms with van der Waals surface area (Å²) in [6.07, 6.45) is -0.440. The van der Waals surface area contributed by atoms with E-state index in [0.717, 1.165) is 6.92 Å². The fourth-order valence-corrected chi connectivity index (χ4v) is 9.14. The number of Topliss-reactive ketones (excluding diaryl/α,β-unsaturated/α-hetero) is 2. The topological polar surface area (TPSA) is 211 Å². The summed E-state index contributed by atoms with van der Waals surface area (Å²) in [5.41, 5.74) is 0.574. The summed E-state index contributed by atoms with van der Waals surface area (Å²) >= 11 is 0. The number of nitrogens with zero attached hydrogens (tertiary/aromatic N) is 6. The van der Waals surface area contributed by atoms with Crippen molar-refractivity contribution in [1.29, 1.82) is 0 Å². The van der Waals surface area contributed by atoms with Gasteiger partial charge in [0.2, 0.25) is 0 Å². The molecule has 2 aromatic rings. The van der Waals surface area contributed by atoms with Crippen LogP contribution < -0.4 is 5.73 Å². The fourth-order valence-electron chi connectivity index (χ4n) is 9.14. The zero-order chi connectivity index (χ0) is 44.5. The molecule has 13 atom stereocenters. The molecule has 0 saturated carbocycles. The van der Waals surface area contributed by atoms with Gasteiger partial charge in [-0.2, -0.15) is 0 Å². The van der Waals surface area contributed by atoms with Gasteiger partial charge in [0.25, 0.3) is 5.67 Å². The molecular weight excluding hydrogens is 781 g/mol. The maximum Gasteiger partial charge on any atom is 0.411 e. The number of likely N-dealkylation sites (N-methyl/N-ethyl adjacent to an activating group) is 1. The quantitative estimate of drug-likeness (QED) is 0.198. The van der Waals surface area contributed by atoms with E-state index >= 15 is 4.39 Å². The zero-order valence-corrected chi connectivity index (χ0v) is 36.5. The number of rotatable bonds is 10. The van der Waals surface area contributed by atoms with E-state index < -0.39 is 83.1 Å². The van der Waals surface area contributed by atoms with Crippen LogP contribution in [0.4, 0.5) is 15.0 Å². The predicted octanol–water partition coefficient (Wildman–Crippen LogP) is 3.77. The second kappa shape index (κ2) is 18.3. The molecular formula is C42H62FN7O10. The molecule has 3 aliphatic rings. The van der Waals surface area contributed by atoms with Crippen molar-refractivity contribution in [3.63, 3.8) is 0 Å². The van der Waals surface area contributed by atoms with Gasteiger partial charge in [-0.25, -0.2) is 23.6 Å². The van der Waals surface area contributed by atoms with Crippen molar-refractivity contribution < 1.29 is 52.4 Å².